The predicted molar refractivity (Wildman–Crippen MR) is 77.8 cm³/mol. The molecule has 1 aliphatic carbocycles. The number of rotatable bonds is 5. The summed E-state index contributed by atoms with van der Waals surface area (Å²) in [4.78, 5) is 23.7. The zero-order valence-corrected chi connectivity index (χ0v) is 12.0. The van der Waals surface area contributed by atoms with Crippen LogP contribution < -0.4 is 11.1 Å². The van der Waals surface area contributed by atoms with Gasteiger partial charge in [-0.3, -0.25) is 9.59 Å². The Hall–Kier alpha value is -1.91. The molecule has 2 rings (SSSR count). The first kappa shape index (κ1) is 15.5. The molecule has 0 unspecified atom stereocenters. The van der Waals surface area contributed by atoms with Crippen LogP contribution in [0.15, 0.2) is 24.3 Å². The van der Waals surface area contributed by atoms with Crippen molar-refractivity contribution < 1.29 is 14.0 Å². The number of nitrogens with one attached hydrogen (secondary N) is 1. The number of hydrogen-bond donors (Lipinski definition) is 2. The minimum atomic E-state index is -0.865. The zero-order valence-electron chi connectivity index (χ0n) is 12.0. The topological polar surface area (TPSA) is 72.2 Å². The number of carbonyl (C=O) groups is 2. The summed E-state index contributed by atoms with van der Waals surface area (Å²) >= 11 is 0. The van der Waals surface area contributed by atoms with Gasteiger partial charge in [-0.1, -0.05) is 37.5 Å². The molecule has 21 heavy (non-hydrogen) atoms. The lowest BCUT2D eigenvalue weighted by Crippen LogP contribution is -2.48. The van der Waals surface area contributed by atoms with Crippen LogP contribution in [-0.4, -0.2) is 17.9 Å². The Morgan fingerprint density at radius 1 is 1.24 bits per heavy atom. The van der Waals surface area contributed by atoms with Crippen molar-refractivity contribution >= 4 is 11.8 Å². The summed E-state index contributed by atoms with van der Waals surface area (Å²) in [6.07, 6.45) is 4.99. The van der Waals surface area contributed by atoms with Crippen molar-refractivity contribution in [3.63, 3.8) is 0 Å². The summed E-state index contributed by atoms with van der Waals surface area (Å²) in [5.41, 5.74) is 5.72. The summed E-state index contributed by atoms with van der Waals surface area (Å²) in [6, 6.07) is 5.34. The molecule has 5 heteroatoms. The highest BCUT2D eigenvalue weighted by Crippen LogP contribution is 2.23. The van der Waals surface area contributed by atoms with Gasteiger partial charge in [-0.25, -0.2) is 4.39 Å². The molecule has 0 spiro atoms. The second kappa shape index (κ2) is 7.20. The highest BCUT2D eigenvalue weighted by atomic mass is 19.1. The second-order valence-corrected chi connectivity index (χ2v) is 5.59. The summed E-state index contributed by atoms with van der Waals surface area (Å²) in [5, 5.41) is 2.68. The Balaban J connectivity index is 2.00. The van der Waals surface area contributed by atoms with Gasteiger partial charge in [-0.2, -0.15) is 0 Å². The Morgan fingerprint density at radius 3 is 2.52 bits per heavy atom. The van der Waals surface area contributed by atoms with Crippen LogP contribution >= 0.6 is 0 Å². The van der Waals surface area contributed by atoms with E-state index >= 15 is 0 Å². The van der Waals surface area contributed by atoms with E-state index in [4.69, 9.17) is 5.73 Å². The van der Waals surface area contributed by atoms with Crippen LogP contribution in [0.4, 0.5) is 4.39 Å². The van der Waals surface area contributed by atoms with Gasteiger partial charge in [-0.05, 0) is 24.5 Å². The first-order valence-electron chi connectivity index (χ1n) is 7.41. The maximum Gasteiger partial charge on any atom is 0.240 e. The van der Waals surface area contributed by atoms with E-state index < -0.39 is 17.8 Å². The molecule has 1 atom stereocenters. The zero-order chi connectivity index (χ0) is 15.2. The van der Waals surface area contributed by atoms with Crippen molar-refractivity contribution in [1.29, 1.82) is 0 Å². The lowest BCUT2D eigenvalue weighted by atomic mass is 9.88. The van der Waals surface area contributed by atoms with E-state index in [1.165, 1.54) is 6.07 Å². The normalized spacial score (nSPS) is 17.2. The van der Waals surface area contributed by atoms with Crippen molar-refractivity contribution in [3.05, 3.63) is 35.6 Å². The standard InChI is InChI=1S/C16H21FN2O2/c17-13-9-5-4-8-12(13)10-14(15(18)20)19-16(21)11-6-2-1-3-7-11/h4-5,8-9,11,14H,1-3,6-7,10H2,(H2,18,20)(H,19,21)/t14-/m0/s1. The molecule has 1 aromatic rings. The summed E-state index contributed by atoms with van der Waals surface area (Å²) in [5.74, 6) is -1.23. The average molecular weight is 292 g/mol. The predicted octanol–water partition coefficient (Wildman–Crippen LogP) is 1.92. The fraction of sp³-hybridized carbons (Fsp3) is 0.500. The van der Waals surface area contributed by atoms with E-state index in [0.717, 1.165) is 32.1 Å². The molecule has 0 aliphatic heterocycles. The van der Waals surface area contributed by atoms with Gasteiger partial charge >= 0.3 is 0 Å². The summed E-state index contributed by atoms with van der Waals surface area (Å²) in [7, 11) is 0. The molecule has 1 saturated carbocycles. The molecule has 1 aliphatic rings. The van der Waals surface area contributed by atoms with E-state index in [1.54, 1.807) is 18.2 Å². The molecular weight excluding hydrogens is 271 g/mol. The number of amides is 2. The van der Waals surface area contributed by atoms with Crippen molar-refractivity contribution in [1.82, 2.24) is 5.32 Å². The lowest BCUT2D eigenvalue weighted by molar-refractivity contribution is -0.130. The van der Waals surface area contributed by atoms with Crippen LogP contribution in [0, 0.1) is 11.7 Å². The maximum atomic E-state index is 13.6. The van der Waals surface area contributed by atoms with Gasteiger partial charge in [0.25, 0.3) is 0 Å². The quantitative estimate of drug-likeness (QED) is 0.870. The van der Waals surface area contributed by atoms with Gasteiger partial charge in [0, 0.05) is 12.3 Å². The maximum absolute atomic E-state index is 13.6. The Morgan fingerprint density at radius 2 is 1.90 bits per heavy atom. The molecule has 2 amide bonds. The average Bonchev–Trinajstić information content (AvgIpc) is 2.49. The van der Waals surface area contributed by atoms with Crippen molar-refractivity contribution in [3.8, 4) is 0 Å². The van der Waals surface area contributed by atoms with Crippen molar-refractivity contribution in [2.24, 2.45) is 11.7 Å². The third kappa shape index (κ3) is 4.28. The van der Waals surface area contributed by atoms with Gasteiger partial charge in [-0.15, -0.1) is 0 Å². The van der Waals surface area contributed by atoms with Gasteiger partial charge in [0.05, 0.1) is 0 Å². The third-order valence-corrected chi connectivity index (χ3v) is 4.02. The molecule has 4 nitrogen and oxygen atoms in total. The molecule has 0 radical (unpaired) electrons. The number of nitrogens with two attached hydrogens (primary N) is 1. The monoisotopic (exact) mass is 292 g/mol. The highest BCUT2D eigenvalue weighted by Gasteiger charge is 2.26. The van der Waals surface area contributed by atoms with Crippen LogP contribution in [0.1, 0.15) is 37.7 Å². The molecule has 114 valence electrons. The van der Waals surface area contributed by atoms with Gasteiger partial charge in [0.1, 0.15) is 11.9 Å². The Bertz CT molecular complexity index is 513. The fourth-order valence-electron chi connectivity index (χ4n) is 2.76. The van der Waals surface area contributed by atoms with Crippen LogP contribution in [0.25, 0.3) is 0 Å². The van der Waals surface area contributed by atoms with Crippen molar-refractivity contribution in [2.45, 2.75) is 44.6 Å². The Kier molecular flexibility index (Phi) is 5.31. The Labute approximate surface area is 123 Å². The van der Waals surface area contributed by atoms with Crippen LogP contribution in [0.3, 0.4) is 0 Å². The van der Waals surface area contributed by atoms with Gasteiger partial charge in [0.15, 0.2) is 0 Å². The van der Waals surface area contributed by atoms with E-state index in [-0.39, 0.29) is 18.2 Å². The first-order chi connectivity index (χ1) is 10.1. The molecule has 1 fully saturated rings. The van der Waals surface area contributed by atoms with E-state index in [1.807, 2.05) is 0 Å². The smallest absolute Gasteiger partial charge is 0.240 e. The fourth-order valence-corrected chi connectivity index (χ4v) is 2.76. The molecule has 0 aromatic heterocycles. The third-order valence-electron chi connectivity index (χ3n) is 4.02. The molecule has 0 heterocycles. The SMILES string of the molecule is NC(=O)[C@H](Cc1ccccc1F)NC(=O)C1CCCCC1. The summed E-state index contributed by atoms with van der Waals surface area (Å²) < 4.78 is 13.6. The number of benzene rings is 1. The van der Waals surface area contributed by atoms with Crippen molar-refractivity contribution in [2.75, 3.05) is 0 Å². The minimum Gasteiger partial charge on any atom is -0.368 e. The summed E-state index contributed by atoms with van der Waals surface area (Å²) in [6.45, 7) is 0. The molecule has 3 N–H and O–H groups in total. The van der Waals surface area contributed by atoms with Gasteiger partial charge < -0.3 is 11.1 Å². The van der Waals surface area contributed by atoms with Crippen LogP contribution in [-0.2, 0) is 16.0 Å². The largest absolute Gasteiger partial charge is 0.368 e. The number of hydrogen-bond acceptors (Lipinski definition) is 2. The minimum absolute atomic E-state index is 0.0544. The number of halogens is 1. The lowest BCUT2D eigenvalue weighted by Gasteiger charge is -2.23. The number of primary amides is 1. The number of carbonyl (C=O) groups excluding carboxylic acids is 2. The van der Waals surface area contributed by atoms with E-state index in [9.17, 15) is 14.0 Å². The molecule has 1 aromatic carbocycles. The van der Waals surface area contributed by atoms with E-state index in [0.29, 0.717) is 5.56 Å². The highest BCUT2D eigenvalue weighted by molar-refractivity contribution is 5.87. The van der Waals surface area contributed by atoms with Crippen LogP contribution in [0.5, 0.6) is 0 Å². The molecule has 0 bridgehead atoms. The van der Waals surface area contributed by atoms with E-state index in [2.05, 4.69) is 5.32 Å². The molecule has 0 saturated heterocycles. The molecular formula is C16H21FN2O2. The second-order valence-electron chi connectivity index (χ2n) is 5.59. The van der Waals surface area contributed by atoms with Gasteiger partial charge in [0.2, 0.25) is 11.8 Å². The van der Waals surface area contributed by atoms with Crippen LogP contribution in [0.2, 0.25) is 0 Å². The first-order valence-corrected chi connectivity index (χ1v) is 7.41.